The smallest absolute Gasteiger partial charge is 0.320 e. The van der Waals surface area contributed by atoms with E-state index in [9.17, 15) is 9.59 Å². The van der Waals surface area contributed by atoms with Crippen LogP contribution in [0.2, 0.25) is 0 Å². The molecule has 1 aliphatic heterocycles. The summed E-state index contributed by atoms with van der Waals surface area (Å²) in [6, 6.07) is 5.52. The summed E-state index contributed by atoms with van der Waals surface area (Å²) in [5, 5.41) is -0.492. The van der Waals surface area contributed by atoms with E-state index >= 15 is 0 Å². The fourth-order valence-electron chi connectivity index (χ4n) is 1.83. The van der Waals surface area contributed by atoms with Crippen molar-refractivity contribution in [1.82, 2.24) is 0 Å². The van der Waals surface area contributed by atoms with Gasteiger partial charge in [-0.2, -0.15) is 0 Å². The third-order valence-electron chi connectivity index (χ3n) is 2.73. The normalized spacial score (nSPS) is 14.4. The van der Waals surface area contributed by atoms with Gasteiger partial charge in [0.05, 0.1) is 0 Å². The van der Waals surface area contributed by atoms with E-state index in [4.69, 9.17) is 14.2 Å². The molecule has 2 rings (SSSR count). The van der Waals surface area contributed by atoms with Crippen molar-refractivity contribution < 1.29 is 23.8 Å². The molecule has 1 heterocycles. The topological polar surface area (TPSA) is 61.8 Å². The van der Waals surface area contributed by atoms with Crippen LogP contribution in [0, 0.1) is 0 Å². The maximum Gasteiger partial charge on any atom is 0.320 e. The van der Waals surface area contributed by atoms with Gasteiger partial charge in [-0.3, -0.25) is 9.59 Å². The lowest BCUT2D eigenvalue weighted by Crippen LogP contribution is -2.31. The van der Waals surface area contributed by atoms with Crippen LogP contribution in [0.3, 0.4) is 0 Å². The molecule has 1 aromatic carbocycles. The molecule has 1 atom stereocenters. The van der Waals surface area contributed by atoms with Crippen LogP contribution in [0.25, 0.3) is 0 Å². The van der Waals surface area contributed by atoms with E-state index in [1.807, 2.05) is 39.0 Å². The molecule has 1 aliphatic rings. The van der Waals surface area contributed by atoms with Crippen LogP contribution in [-0.2, 0) is 14.3 Å². The molecule has 0 amide bonds. The molecule has 0 bridgehead atoms. The minimum absolute atomic E-state index is 0.0233. The van der Waals surface area contributed by atoms with Crippen LogP contribution in [-0.4, -0.2) is 34.5 Å². The highest BCUT2D eigenvalue weighted by Crippen LogP contribution is 2.37. The fourth-order valence-corrected chi connectivity index (χ4v) is 3.62. The van der Waals surface area contributed by atoms with Crippen molar-refractivity contribution in [2.24, 2.45) is 0 Å². The number of fused-ring (bicyclic) bond motifs is 1. The van der Waals surface area contributed by atoms with Gasteiger partial charge in [0.15, 0.2) is 16.6 Å². The zero-order valence-corrected chi connectivity index (χ0v) is 15.2. The molecule has 126 valence electrons. The molecule has 0 fully saturated rings. The number of rotatable bonds is 5. The maximum atomic E-state index is 12.4. The van der Waals surface area contributed by atoms with Crippen molar-refractivity contribution in [1.29, 1.82) is 0 Å². The molecule has 0 spiro atoms. The molecular weight excluding hydrogens is 336 g/mol. The van der Waals surface area contributed by atoms with Gasteiger partial charge in [-0.1, -0.05) is 11.8 Å². The standard InChI is InChI=1S/C16H20O5S2/c1-10(17)22-8-14(15(18)21-16(2,3)4)23-11-5-6-12-13(7-11)20-9-19-12/h5-7,14H,8-9H2,1-4H3. The fraction of sp³-hybridized carbons (Fsp3) is 0.500. The highest BCUT2D eigenvalue weighted by molar-refractivity contribution is 8.14. The van der Waals surface area contributed by atoms with Gasteiger partial charge >= 0.3 is 5.97 Å². The van der Waals surface area contributed by atoms with Crippen molar-refractivity contribution in [2.45, 2.75) is 43.4 Å². The number of benzene rings is 1. The van der Waals surface area contributed by atoms with Crippen LogP contribution in [0.1, 0.15) is 27.7 Å². The van der Waals surface area contributed by atoms with E-state index in [0.717, 1.165) is 16.7 Å². The van der Waals surface area contributed by atoms with Crippen molar-refractivity contribution >= 4 is 34.6 Å². The monoisotopic (exact) mass is 356 g/mol. The molecule has 0 aromatic heterocycles. The Morgan fingerprint density at radius 2 is 1.96 bits per heavy atom. The lowest BCUT2D eigenvalue weighted by Gasteiger charge is -2.23. The first-order valence-electron chi connectivity index (χ1n) is 7.17. The predicted molar refractivity (Wildman–Crippen MR) is 91.2 cm³/mol. The molecule has 0 saturated heterocycles. The summed E-state index contributed by atoms with van der Waals surface area (Å²) < 4.78 is 16.1. The summed E-state index contributed by atoms with van der Waals surface area (Å²) in [6.45, 7) is 7.17. The maximum absolute atomic E-state index is 12.4. The Bertz CT molecular complexity index is 595. The molecule has 0 aliphatic carbocycles. The van der Waals surface area contributed by atoms with Gasteiger partial charge < -0.3 is 14.2 Å². The second kappa shape index (κ2) is 7.49. The van der Waals surface area contributed by atoms with Gasteiger partial charge in [0, 0.05) is 17.6 Å². The lowest BCUT2D eigenvalue weighted by atomic mass is 10.2. The molecule has 0 N–H and O–H groups in total. The van der Waals surface area contributed by atoms with Crippen molar-refractivity contribution in [3.05, 3.63) is 18.2 Å². The number of carbonyl (C=O) groups excluding carboxylic acids is 2. The zero-order chi connectivity index (χ0) is 17.0. The van der Waals surface area contributed by atoms with E-state index in [1.54, 1.807) is 0 Å². The third kappa shape index (κ3) is 5.66. The number of ether oxygens (including phenoxy) is 3. The molecular formula is C16H20O5S2. The van der Waals surface area contributed by atoms with Crippen LogP contribution in [0.5, 0.6) is 11.5 Å². The largest absolute Gasteiger partial charge is 0.459 e. The van der Waals surface area contributed by atoms with Crippen LogP contribution in [0.15, 0.2) is 23.1 Å². The summed E-state index contributed by atoms with van der Waals surface area (Å²) >= 11 is 2.48. The summed E-state index contributed by atoms with van der Waals surface area (Å²) in [4.78, 5) is 24.5. The first kappa shape index (κ1) is 18.0. The quantitative estimate of drug-likeness (QED) is 0.591. The molecule has 23 heavy (non-hydrogen) atoms. The van der Waals surface area contributed by atoms with Gasteiger partial charge in [-0.05, 0) is 39.0 Å². The third-order valence-corrected chi connectivity index (χ3v) is 5.02. The Kier molecular flexibility index (Phi) is 5.86. The van der Waals surface area contributed by atoms with E-state index in [1.165, 1.54) is 18.7 Å². The number of hydrogen-bond acceptors (Lipinski definition) is 7. The second-order valence-electron chi connectivity index (χ2n) is 5.96. The van der Waals surface area contributed by atoms with Gasteiger partial charge in [0.25, 0.3) is 0 Å². The molecule has 0 radical (unpaired) electrons. The SMILES string of the molecule is CC(=O)SCC(Sc1ccc2c(c1)OCO2)C(=O)OC(C)(C)C. The minimum Gasteiger partial charge on any atom is -0.459 e. The van der Waals surface area contributed by atoms with E-state index < -0.39 is 10.9 Å². The van der Waals surface area contributed by atoms with Crippen LogP contribution in [0.4, 0.5) is 0 Å². The van der Waals surface area contributed by atoms with E-state index in [2.05, 4.69) is 0 Å². The van der Waals surface area contributed by atoms with Gasteiger partial charge in [-0.15, -0.1) is 11.8 Å². The molecule has 1 unspecified atom stereocenters. The molecule has 5 nitrogen and oxygen atoms in total. The highest BCUT2D eigenvalue weighted by atomic mass is 32.2. The van der Waals surface area contributed by atoms with Crippen molar-refractivity contribution in [3.63, 3.8) is 0 Å². The number of esters is 1. The summed E-state index contributed by atoms with van der Waals surface area (Å²) in [7, 11) is 0. The predicted octanol–water partition coefficient (Wildman–Crippen LogP) is 3.50. The van der Waals surface area contributed by atoms with Gasteiger partial charge in [0.2, 0.25) is 6.79 Å². The van der Waals surface area contributed by atoms with Crippen molar-refractivity contribution in [2.75, 3.05) is 12.5 Å². The van der Waals surface area contributed by atoms with Crippen molar-refractivity contribution in [3.8, 4) is 11.5 Å². The molecule has 7 heteroatoms. The summed E-state index contributed by atoms with van der Waals surface area (Å²) in [6.07, 6.45) is 0. The highest BCUT2D eigenvalue weighted by Gasteiger charge is 2.27. The van der Waals surface area contributed by atoms with Gasteiger partial charge in [0.1, 0.15) is 10.9 Å². The van der Waals surface area contributed by atoms with E-state index in [-0.39, 0.29) is 17.9 Å². The summed E-state index contributed by atoms with van der Waals surface area (Å²) in [5.74, 6) is 1.40. The Hall–Kier alpha value is -1.34. The average molecular weight is 356 g/mol. The Balaban J connectivity index is 2.10. The lowest BCUT2D eigenvalue weighted by molar-refractivity contribution is -0.153. The number of thioether (sulfide) groups is 2. The number of carbonyl (C=O) groups is 2. The average Bonchev–Trinajstić information content (AvgIpc) is 2.88. The first-order chi connectivity index (χ1) is 10.7. The Morgan fingerprint density at radius 1 is 1.26 bits per heavy atom. The minimum atomic E-state index is -0.564. The first-order valence-corrected chi connectivity index (χ1v) is 9.03. The second-order valence-corrected chi connectivity index (χ2v) is 8.43. The van der Waals surface area contributed by atoms with Crippen LogP contribution < -0.4 is 9.47 Å². The Morgan fingerprint density at radius 3 is 2.61 bits per heavy atom. The molecule has 0 saturated carbocycles. The van der Waals surface area contributed by atoms with E-state index in [0.29, 0.717) is 17.3 Å². The Labute approximate surface area is 144 Å². The summed E-state index contributed by atoms with van der Waals surface area (Å²) in [5.41, 5.74) is -0.564. The zero-order valence-electron chi connectivity index (χ0n) is 13.6. The number of hydrogen-bond donors (Lipinski definition) is 0. The van der Waals surface area contributed by atoms with Gasteiger partial charge in [-0.25, -0.2) is 0 Å². The van der Waals surface area contributed by atoms with Crippen LogP contribution >= 0.6 is 23.5 Å². The molecule has 1 aromatic rings.